The molecule has 0 spiro atoms. The number of alkyl halides is 3. The molecule has 4 nitrogen and oxygen atoms in total. The first-order chi connectivity index (χ1) is 6.89. The number of halogens is 3. The van der Waals surface area contributed by atoms with Crippen LogP contribution in [0.3, 0.4) is 0 Å². The Labute approximate surface area is 83.3 Å². The van der Waals surface area contributed by atoms with Gasteiger partial charge in [-0.05, 0) is 12.5 Å². The van der Waals surface area contributed by atoms with Crippen LogP contribution in [0.15, 0.2) is 12.3 Å². The van der Waals surface area contributed by atoms with Crippen molar-refractivity contribution in [2.75, 3.05) is 0 Å². The number of carboxylic acid groups (broad SMARTS) is 1. The highest BCUT2D eigenvalue weighted by Gasteiger charge is 2.33. The van der Waals surface area contributed by atoms with E-state index in [9.17, 15) is 18.0 Å². The lowest BCUT2D eigenvalue weighted by Crippen LogP contribution is -2.08. The van der Waals surface area contributed by atoms with Crippen molar-refractivity contribution in [1.29, 1.82) is 0 Å². The van der Waals surface area contributed by atoms with E-state index >= 15 is 0 Å². The van der Waals surface area contributed by atoms with Crippen molar-refractivity contribution in [3.8, 4) is 0 Å². The van der Waals surface area contributed by atoms with Crippen LogP contribution in [0.4, 0.5) is 13.2 Å². The summed E-state index contributed by atoms with van der Waals surface area (Å²) in [6, 6.07) is 0.862. The highest BCUT2D eigenvalue weighted by atomic mass is 19.4. The summed E-state index contributed by atoms with van der Waals surface area (Å²) in [6.45, 7) is 0.169. The van der Waals surface area contributed by atoms with Crippen molar-refractivity contribution in [3.63, 3.8) is 0 Å². The maximum atomic E-state index is 12.1. The SMILES string of the molecule is O=C(O)CCCn1ccc(C(F)(F)F)n1. The summed E-state index contributed by atoms with van der Waals surface area (Å²) >= 11 is 0. The lowest BCUT2D eigenvalue weighted by Gasteiger charge is -2.01. The number of aromatic nitrogens is 2. The fraction of sp³-hybridized carbons (Fsp3) is 0.500. The average Bonchev–Trinajstić information content (AvgIpc) is 2.51. The number of hydrogen-bond donors (Lipinski definition) is 1. The van der Waals surface area contributed by atoms with E-state index in [2.05, 4.69) is 5.10 Å². The molecule has 1 aromatic heterocycles. The van der Waals surface area contributed by atoms with E-state index in [4.69, 9.17) is 5.11 Å². The van der Waals surface area contributed by atoms with Crippen molar-refractivity contribution >= 4 is 5.97 Å². The van der Waals surface area contributed by atoms with Crippen LogP contribution < -0.4 is 0 Å². The molecule has 0 aromatic carbocycles. The summed E-state index contributed by atoms with van der Waals surface area (Å²) in [6.07, 6.45) is -3.09. The van der Waals surface area contributed by atoms with Gasteiger partial charge >= 0.3 is 12.1 Å². The van der Waals surface area contributed by atoms with Gasteiger partial charge in [0.15, 0.2) is 5.69 Å². The van der Waals surface area contributed by atoms with Gasteiger partial charge in [-0.1, -0.05) is 0 Å². The van der Waals surface area contributed by atoms with Crippen LogP contribution in [0.2, 0.25) is 0 Å². The highest BCUT2D eigenvalue weighted by molar-refractivity contribution is 5.66. The van der Waals surface area contributed by atoms with Gasteiger partial charge in [-0.2, -0.15) is 18.3 Å². The van der Waals surface area contributed by atoms with Crippen LogP contribution in [-0.2, 0) is 17.5 Å². The summed E-state index contributed by atoms with van der Waals surface area (Å²) in [5.74, 6) is -0.974. The molecule has 1 rings (SSSR count). The maximum absolute atomic E-state index is 12.1. The molecular weight excluding hydrogens is 213 g/mol. The first kappa shape index (κ1) is 11.5. The number of aliphatic carboxylic acids is 1. The van der Waals surface area contributed by atoms with E-state index in [1.54, 1.807) is 0 Å². The van der Waals surface area contributed by atoms with Gasteiger partial charge in [-0.3, -0.25) is 9.48 Å². The number of hydrogen-bond acceptors (Lipinski definition) is 2. The van der Waals surface area contributed by atoms with E-state index in [1.165, 1.54) is 6.20 Å². The number of nitrogens with zero attached hydrogens (tertiary/aromatic N) is 2. The zero-order valence-corrected chi connectivity index (χ0v) is 7.66. The molecule has 0 amide bonds. The minimum atomic E-state index is -4.45. The van der Waals surface area contributed by atoms with Crippen LogP contribution in [0, 0.1) is 0 Å². The van der Waals surface area contributed by atoms with E-state index in [0.29, 0.717) is 0 Å². The standard InChI is InChI=1S/C8H9F3N2O2/c9-8(10,11)6-3-5-13(12-6)4-1-2-7(14)15/h3,5H,1-2,4H2,(H,14,15). The minimum Gasteiger partial charge on any atom is -0.481 e. The van der Waals surface area contributed by atoms with Gasteiger partial charge in [0.2, 0.25) is 0 Å². The lowest BCUT2D eigenvalue weighted by atomic mass is 10.3. The van der Waals surface area contributed by atoms with Gasteiger partial charge < -0.3 is 5.11 Å². The molecule has 0 fully saturated rings. The fourth-order valence-corrected chi connectivity index (χ4v) is 1.03. The van der Waals surface area contributed by atoms with E-state index in [1.807, 2.05) is 0 Å². The molecule has 1 heterocycles. The third kappa shape index (κ3) is 3.61. The Morgan fingerprint density at radius 3 is 2.67 bits per heavy atom. The average molecular weight is 222 g/mol. The number of rotatable bonds is 4. The first-order valence-corrected chi connectivity index (χ1v) is 4.22. The number of carboxylic acids is 1. The second kappa shape index (κ2) is 4.33. The Bertz CT molecular complexity index is 346. The third-order valence-corrected chi connectivity index (χ3v) is 1.71. The molecule has 0 aliphatic heterocycles. The second-order valence-electron chi connectivity index (χ2n) is 2.96. The van der Waals surface area contributed by atoms with Crippen molar-refractivity contribution in [2.24, 2.45) is 0 Å². The zero-order valence-electron chi connectivity index (χ0n) is 7.66. The fourth-order valence-electron chi connectivity index (χ4n) is 1.03. The predicted molar refractivity (Wildman–Crippen MR) is 44.1 cm³/mol. The van der Waals surface area contributed by atoms with Gasteiger partial charge in [0, 0.05) is 19.2 Å². The van der Waals surface area contributed by atoms with Crippen LogP contribution in [0.25, 0.3) is 0 Å². The van der Waals surface area contributed by atoms with E-state index in [-0.39, 0.29) is 19.4 Å². The summed E-state index contributed by atoms with van der Waals surface area (Å²) in [5.41, 5.74) is -0.960. The number of carbonyl (C=O) groups is 1. The molecule has 1 aromatic rings. The van der Waals surface area contributed by atoms with E-state index < -0.39 is 17.8 Å². The van der Waals surface area contributed by atoms with Crippen LogP contribution >= 0.6 is 0 Å². The Morgan fingerprint density at radius 1 is 1.53 bits per heavy atom. The number of aryl methyl sites for hydroxylation is 1. The Hall–Kier alpha value is -1.53. The van der Waals surface area contributed by atoms with Crippen molar-refractivity contribution in [3.05, 3.63) is 18.0 Å². The maximum Gasteiger partial charge on any atom is 0.435 e. The molecule has 84 valence electrons. The van der Waals surface area contributed by atoms with Gasteiger partial charge in [0.1, 0.15) is 0 Å². The smallest absolute Gasteiger partial charge is 0.435 e. The van der Waals surface area contributed by atoms with Gasteiger partial charge in [-0.25, -0.2) is 0 Å². The van der Waals surface area contributed by atoms with Crippen LogP contribution in [0.5, 0.6) is 0 Å². The molecule has 1 N–H and O–H groups in total. The minimum absolute atomic E-state index is 0.0821. The molecule has 0 radical (unpaired) electrons. The monoisotopic (exact) mass is 222 g/mol. The summed E-state index contributed by atoms with van der Waals surface area (Å²) < 4.78 is 37.3. The summed E-state index contributed by atoms with van der Waals surface area (Å²) in [7, 11) is 0. The van der Waals surface area contributed by atoms with Crippen molar-refractivity contribution in [1.82, 2.24) is 9.78 Å². The largest absolute Gasteiger partial charge is 0.481 e. The molecule has 0 saturated carbocycles. The molecule has 0 atom stereocenters. The molecular formula is C8H9F3N2O2. The molecule has 0 bridgehead atoms. The van der Waals surface area contributed by atoms with Gasteiger partial charge in [-0.15, -0.1) is 0 Å². The van der Waals surface area contributed by atoms with Crippen LogP contribution in [-0.4, -0.2) is 20.9 Å². The first-order valence-electron chi connectivity index (χ1n) is 4.22. The summed E-state index contributed by atoms with van der Waals surface area (Å²) in [5, 5.41) is 11.6. The molecule has 0 aliphatic carbocycles. The normalized spacial score (nSPS) is 11.7. The Balaban J connectivity index is 2.50. The molecule has 0 unspecified atom stereocenters. The molecule has 15 heavy (non-hydrogen) atoms. The third-order valence-electron chi connectivity index (χ3n) is 1.71. The molecule has 0 saturated heterocycles. The topological polar surface area (TPSA) is 55.1 Å². The van der Waals surface area contributed by atoms with Crippen LogP contribution in [0.1, 0.15) is 18.5 Å². The second-order valence-corrected chi connectivity index (χ2v) is 2.96. The predicted octanol–water partition coefficient (Wildman–Crippen LogP) is 1.77. The molecule has 7 heteroatoms. The van der Waals surface area contributed by atoms with Gasteiger partial charge in [0.25, 0.3) is 0 Å². The van der Waals surface area contributed by atoms with Crippen molar-refractivity contribution in [2.45, 2.75) is 25.6 Å². The zero-order chi connectivity index (χ0) is 11.5. The molecule has 0 aliphatic rings. The lowest BCUT2D eigenvalue weighted by molar-refractivity contribution is -0.141. The van der Waals surface area contributed by atoms with Gasteiger partial charge in [0.05, 0.1) is 0 Å². The Morgan fingerprint density at radius 2 is 2.20 bits per heavy atom. The Kier molecular flexibility index (Phi) is 3.33. The summed E-state index contributed by atoms with van der Waals surface area (Å²) in [4.78, 5) is 10.1. The van der Waals surface area contributed by atoms with Crippen molar-refractivity contribution < 1.29 is 23.1 Å². The quantitative estimate of drug-likeness (QED) is 0.844. The highest BCUT2D eigenvalue weighted by Crippen LogP contribution is 2.27. The van der Waals surface area contributed by atoms with E-state index in [0.717, 1.165) is 10.7 Å².